The standard InChI is InChI=1S/C26H34N2OS.ClH/c1-3-5-17-28(18-6-4-2)19-10-20-29-24-15-13-22(14-16-24)25-21-30-26(27-25)23-11-8-7-9-12-23;/h7-9,11-16,21H,3-6,10,17-20H2,1-2H3;1H. The van der Waals surface area contributed by atoms with Gasteiger partial charge in [0.25, 0.3) is 0 Å². The lowest BCUT2D eigenvalue weighted by atomic mass is 10.1. The van der Waals surface area contributed by atoms with Gasteiger partial charge < -0.3 is 9.64 Å². The molecule has 3 rings (SSSR count). The van der Waals surface area contributed by atoms with Crippen molar-refractivity contribution in [3.63, 3.8) is 0 Å². The minimum atomic E-state index is 0. The monoisotopic (exact) mass is 458 g/mol. The molecule has 0 radical (unpaired) electrons. The Morgan fingerprint density at radius 3 is 2.10 bits per heavy atom. The zero-order valence-electron chi connectivity index (χ0n) is 18.8. The average molecular weight is 459 g/mol. The average Bonchev–Trinajstić information content (AvgIpc) is 3.29. The van der Waals surface area contributed by atoms with Gasteiger partial charge in [0.1, 0.15) is 10.8 Å². The van der Waals surface area contributed by atoms with Crippen LogP contribution in [0.1, 0.15) is 46.0 Å². The fourth-order valence-electron chi connectivity index (χ4n) is 3.42. The van der Waals surface area contributed by atoms with E-state index in [-0.39, 0.29) is 12.4 Å². The number of aromatic nitrogens is 1. The second kappa shape index (κ2) is 14.2. The Bertz CT molecular complexity index is 843. The molecule has 1 aromatic heterocycles. The molecule has 0 aliphatic rings. The van der Waals surface area contributed by atoms with Crippen LogP contribution in [0.5, 0.6) is 5.75 Å². The summed E-state index contributed by atoms with van der Waals surface area (Å²) in [5.74, 6) is 0.936. The van der Waals surface area contributed by atoms with Crippen LogP contribution in [0.25, 0.3) is 21.8 Å². The molecule has 0 spiro atoms. The molecule has 0 bridgehead atoms. The summed E-state index contributed by atoms with van der Waals surface area (Å²) in [6, 6.07) is 18.7. The first-order valence-electron chi connectivity index (χ1n) is 11.3. The summed E-state index contributed by atoms with van der Waals surface area (Å²) in [5.41, 5.74) is 3.32. The molecule has 0 unspecified atom stereocenters. The number of hydrogen-bond donors (Lipinski definition) is 0. The molecule has 3 nitrogen and oxygen atoms in total. The van der Waals surface area contributed by atoms with E-state index in [4.69, 9.17) is 9.72 Å². The highest BCUT2D eigenvalue weighted by Gasteiger charge is 2.07. The summed E-state index contributed by atoms with van der Waals surface area (Å²) in [4.78, 5) is 7.39. The topological polar surface area (TPSA) is 25.4 Å². The second-order valence-electron chi connectivity index (χ2n) is 7.68. The van der Waals surface area contributed by atoms with Crippen LogP contribution in [0.3, 0.4) is 0 Å². The number of hydrogen-bond acceptors (Lipinski definition) is 4. The molecule has 5 heteroatoms. The first-order valence-corrected chi connectivity index (χ1v) is 12.1. The Kier molecular flexibility index (Phi) is 11.7. The maximum absolute atomic E-state index is 5.99. The van der Waals surface area contributed by atoms with Gasteiger partial charge in [-0.2, -0.15) is 0 Å². The van der Waals surface area contributed by atoms with Crippen molar-refractivity contribution in [3.8, 4) is 27.6 Å². The highest BCUT2D eigenvalue weighted by atomic mass is 35.5. The van der Waals surface area contributed by atoms with E-state index < -0.39 is 0 Å². The summed E-state index contributed by atoms with van der Waals surface area (Å²) in [5, 5.41) is 3.18. The van der Waals surface area contributed by atoms with Crippen molar-refractivity contribution in [2.24, 2.45) is 0 Å². The minimum absolute atomic E-state index is 0. The number of benzene rings is 2. The van der Waals surface area contributed by atoms with E-state index in [9.17, 15) is 0 Å². The van der Waals surface area contributed by atoms with Gasteiger partial charge in [0.2, 0.25) is 0 Å². The van der Waals surface area contributed by atoms with Crippen molar-refractivity contribution < 1.29 is 4.74 Å². The van der Waals surface area contributed by atoms with Crippen molar-refractivity contribution in [2.75, 3.05) is 26.2 Å². The molecule has 0 fully saturated rings. The second-order valence-corrected chi connectivity index (χ2v) is 8.54. The number of ether oxygens (including phenoxy) is 1. The Hall–Kier alpha value is -1.88. The summed E-state index contributed by atoms with van der Waals surface area (Å²) in [7, 11) is 0. The predicted octanol–water partition coefficient (Wildman–Crippen LogP) is 7.57. The molecule has 0 saturated carbocycles. The highest BCUT2D eigenvalue weighted by molar-refractivity contribution is 7.13. The third-order valence-corrected chi connectivity index (χ3v) is 6.11. The summed E-state index contributed by atoms with van der Waals surface area (Å²) in [6.45, 7) is 8.84. The predicted molar refractivity (Wildman–Crippen MR) is 137 cm³/mol. The van der Waals surface area contributed by atoms with E-state index in [0.29, 0.717) is 0 Å². The zero-order valence-corrected chi connectivity index (χ0v) is 20.4. The van der Waals surface area contributed by atoms with Crippen LogP contribution >= 0.6 is 23.7 Å². The van der Waals surface area contributed by atoms with Crippen LogP contribution in [0.4, 0.5) is 0 Å². The van der Waals surface area contributed by atoms with Crippen molar-refractivity contribution >= 4 is 23.7 Å². The van der Waals surface area contributed by atoms with Gasteiger partial charge in [-0.1, -0.05) is 57.0 Å². The first kappa shape index (κ1) is 25.4. The van der Waals surface area contributed by atoms with Gasteiger partial charge in [-0.05, 0) is 56.6 Å². The van der Waals surface area contributed by atoms with Gasteiger partial charge in [0, 0.05) is 23.1 Å². The molecular formula is C26H35ClN2OS. The lowest BCUT2D eigenvalue weighted by Crippen LogP contribution is -2.28. The Morgan fingerprint density at radius 2 is 1.45 bits per heavy atom. The molecule has 0 amide bonds. The fraction of sp³-hybridized carbons (Fsp3) is 0.423. The van der Waals surface area contributed by atoms with Crippen LogP contribution < -0.4 is 4.74 Å². The largest absolute Gasteiger partial charge is 0.494 e. The maximum atomic E-state index is 5.99. The number of halogens is 1. The van der Waals surface area contributed by atoms with Gasteiger partial charge in [-0.3, -0.25) is 0 Å². The summed E-state index contributed by atoms with van der Waals surface area (Å²) >= 11 is 1.69. The molecule has 1 heterocycles. The lowest BCUT2D eigenvalue weighted by Gasteiger charge is -2.21. The van der Waals surface area contributed by atoms with E-state index in [1.54, 1.807) is 11.3 Å². The van der Waals surface area contributed by atoms with E-state index >= 15 is 0 Å². The summed E-state index contributed by atoms with van der Waals surface area (Å²) < 4.78 is 5.99. The molecule has 2 aromatic carbocycles. The smallest absolute Gasteiger partial charge is 0.124 e. The van der Waals surface area contributed by atoms with Crippen LogP contribution in [-0.4, -0.2) is 36.1 Å². The molecule has 0 atom stereocenters. The van der Waals surface area contributed by atoms with Gasteiger partial charge in [0.05, 0.1) is 12.3 Å². The van der Waals surface area contributed by atoms with Gasteiger partial charge in [-0.15, -0.1) is 23.7 Å². The lowest BCUT2D eigenvalue weighted by molar-refractivity contribution is 0.229. The van der Waals surface area contributed by atoms with E-state index in [0.717, 1.165) is 41.6 Å². The Labute approximate surface area is 197 Å². The third kappa shape index (κ3) is 8.29. The Morgan fingerprint density at radius 1 is 0.806 bits per heavy atom. The highest BCUT2D eigenvalue weighted by Crippen LogP contribution is 2.29. The minimum Gasteiger partial charge on any atom is -0.494 e. The van der Waals surface area contributed by atoms with Crippen LogP contribution in [0.15, 0.2) is 60.0 Å². The molecule has 0 aliphatic carbocycles. The van der Waals surface area contributed by atoms with Crippen LogP contribution in [0, 0.1) is 0 Å². The fourth-order valence-corrected chi connectivity index (χ4v) is 4.25. The van der Waals surface area contributed by atoms with Crippen LogP contribution in [0.2, 0.25) is 0 Å². The van der Waals surface area contributed by atoms with Crippen LogP contribution in [-0.2, 0) is 0 Å². The first-order chi connectivity index (χ1) is 14.8. The quantitative estimate of drug-likeness (QED) is 0.247. The van der Waals surface area contributed by atoms with Gasteiger partial charge >= 0.3 is 0 Å². The normalized spacial score (nSPS) is 10.8. The van der Waals surface area contributed by atoms with Crippen molar-refractivity contribution in [1.82, 2.24) is 9.88 Å². The molecule has 168 valence electrons. The van der Waals surface area contributed by atoms with Crippen molar-refractivity contribution in [3.05, 3.63) is 60.0 Å². The molecule has 0 aliphatic heterocycles. The molecular weight excluding hydrogens is 424 g/mol. The maximum Gasteiger partial charge on any atom is 0.124 e. The SMILES string of the molecule is CCCCN(CCCC)CCCOc1ccc(-c2csc(-c3ccccc3)n2)cc1.Cl. The molecule has 0 N–H and O–H groups in total. The molecule has 3 aromatic rings. The zero-order chi connectivity index (χ0) is 21.0. The Balaban J connectivity index is 0.00000341. The van der Waals surface area contributed by atoms with Gasteiger partial charge in [0.15, 0.2) is 0 Å². The number of nitrogens with zero attached hydrogens (tertiary/aromatic N) is 2. The summed E-state index contributed by atoms with van der Waals surface area (Å²) in [6.07, 6.45) is 6.17. The number of thiazole rings is 1. The van der Waals surface area contributed by atoms with Gasteiger partial charge in [-0.25, -0.2) is 4.98 Å². The third-order valence-electron chi connectivity index (χ3n) is 5.22. The number of unbranched alkanes of at least 4 members (excludes halogenated alkanes) is 2. The number of rotatable bonds is 13. The molecule has 0 saturated heterocycles. The van der Waals surface area contributed by atoms with Crippen molar-refractivity contribution in [2.45, 2.75) is 46.0 Å². The molecule has 31 heavy (non-hydrogen) atoms. The van der Waals surface area contributed by atoms with E-state index in [1.807, 2.05) is 6.07 Å². The van der Waals surface area contributed by atoms with Crippen molar-refractivity contribution in [1.29, 1.82) is 0 Å². The van der Waals surface area contributed by atoms with E-state index in [2.05, 4.69) is 72.7 Å². The van der Waals surface area contributed by atoms with E-state index in [1.165, 1.54) is 44.3 Å².